The van der Waals surface area contributed by atoms with Crippen LogP contribution in [0.3, 0.4) is 0 Å². The van der Waals surface area contributed by atoms with Crippen LogP contribution in [0.15, 0.2) is 61.1 Å². The Morgan fingerprint density at radius 2 is 1.64 bits per heavy atom. The molecule has 0 fully saturated rings. The van der Waals surface area contributed by atoms with Gasteiger partial charge in [0.05, 0.1) is 23.5 Å². The zero-order chi connectivity index (χ0) is 19.7. The van der Waals surface area contributed by atoms with E-state index in [2.05, 4.69) is 46.5 Å². The van der Waals surface area contributed by atoms with Crippen LogP contribution in [0.1, 0.15) is 27.0 Å². The molecule has 2 aromatic carbocycles. The lowest BCUT2D eigenvalue weighted by atomic mass is 10.1. The zero-order valence-electron chi connectivity index (χ0n) is 15.6. The Morgan fingerprint density at radius 3 is 2.32 bits per heavy atom. The van der Waals surface area contributed by atoms with Gasteiger partial charge in [0.2, 0.25) is 0 Å². The number of amides is 1. The first-order chi connectivity index (χ1) is 13.5. The average Bonchev–Trinajstić information content (AvgIpc) is 3.09. The molecule has 0 unspecified atom stereocenters. The van der Waals surface area contributed by atoms with Gasteiger partial charge in [-0.05, 0) is 31.5 Å². The summed E-state index contributed by atoms with van der Waals surface area (Å²) in [5.41, 5.74) is 5.65. The van der Waals surface area contributed by atoms with Gasteiger partial charge < -0.3 is 9.88 Å². The summed E-state index contributed by atoms with van der Waals surface area (Å²) in [5.74, 6) is -0.309. The second-order valence-corrected chi connectivity index (χ2v) is 7.21. The molecule has 6 heteroatoms. The van der Waals surface area contributed by atoms with E-state index in [4.69, 9.17) is 11.6 Å². The lowest BCUT2D eigenvalue weighted by molar-refractivity contribution is 0.102. The first-order valence-electron chi connectivity index (χ1n) is 8.94. The van der Waals surface area contributed by atoms with E-state index in [0.29, 0.717) is 34.0 Å². The number of carbonyl (C=O) groups excluding carboxylic acids is 1. The number of aromatic nitrogens is 3. The summed E-state index contributed by atoms with van der Waals surface area (Å²) in [6.07, 6.45) is 3.20. The third kappa shape index (κ3) is 3.62. The summed E-state index contributed by atoms with van der Waals surface area (Å²) in [4.78, 5) is 21.5. The predicted molar refractivity (Wildman–Crippen MR) is 112 cm³/mol. The Balaban J connectivity index is 1.61. The number of nitrogens with one attached hydrogen (secondary N) is 1. The van der Waals surface area contributed by atoms with E-state index in [-0.39, 0.29) is 5.91 Å². The molecular weight excluding hydrogens is 372 g/mol. The van der Waals surface area contributed by atoms with Gasteiger partial charge in [0.25, 0.3) is 5.91 Å². The number of fused-ring (bicyclic) bond motifs is 1. The van der Waals surface area contributed by atoms with Crippen LogP contribution in [0.4, 0.5) is 5.69 Å². The summed E-state index contributed by atoms with van der Waals surface area (Å²) in [7, 11) is 0. The van der Waals surface area contributed by atoms with Gasteiger partial charge in [-0.3, -0.25) is 4.79 Å². The van der Waals surface area contributed by atoms with Gasteiger partial charge in [0.1, 0.15) is 5.52 Å². The van der Waals surface area contributed by atoms with Crippen molar-refractivity contribution in [1.29, 1.82) is 0 Å². The van der Waals surface area contributed by atoms with Crippen molar-refractivity contribution in [2.24, 2.45) is 0 Å². The maximum absolute atomic E-state index is 12.6. The normalized spacial score (nSPS) is 11.0. The van der Waals surface area contributed by atoms with Crippen molar-refractivity contribution in [3.05, 3.63) is 88.3 Å². The van der Waals surface area contributed by atoms with Crippen LogP contribution in [0.5, 0.6) is 0 Å². The van der Waals surface area contributed by atoms with Crippen molar-refractivity contribution in [1.82, 2.24) is 14.5 Å². The van der Waals surface area contributed by atoms with Crippen molar-refractivity contribution in [2.45, 2.75) is 20.4 Å². The minimum absolute atomic E-state index is 0.301. The Hall–Kier alpha value is -3.18. The Bertz CT molecular complexity index is 1150. The van der Waals surface area contributed by atoms with Crippen molar-refractivity contribution in [3.8, 4) is 0 Å². The van der Waals surface area contributed by atoms with Gasteiger partial charge in [0, 0.05) is 11.9 Å². The molecule has 28 heavy (non-hydrogen) atoms. The number of hydrogen-bond acceptors (Lipinski definition) is 3. The number of halogens is 1. The average molecular weight is 391 g/mol. The van der Waals surface area contributed by atoms with E-state index in [9.17, 15) is 4.79 Å². The molecule has 0 saturated carbocycles. The summed E-state index contributed by atoms with van der Waals surface area (Å²) >= 11 is 6.49. The van der Waals surface area contributed by atoms with E-state index < -0.39 is 0 Å². The van der Waals surface area contributed by atoms with E-state index in [1.807, 2.05) is 35.8 Å². The molecule has 2 aromatic heterocycles. The first kappa shape index (κ1) is 18.2. The van der Waals surface area contributed by atoms with Gasteiger partial charge in [0.15, 0.2) is 5.65 Å². The quantitative estimate of drug-likeness (QED) is 0.533. The van der Waals surface area contributed by atoms with Crippen molar-refractivity contribution < 1.29 is 4.79 Å². The molecule has 4 aromatic rings. The van der Waals surface area contributed by atoms with Crippen LogP contribution < -0.4 is 5.32 Å². The van der Waals surface area contributed by atoms with Crippen LogP contribution >= 0.6 is 11.6 Å². The number of rotatable bonds is 4. The monoisotopic (exact) mass is 390 g/mol. The molecule has 0 bridgehead atoms. The summed E-state index contributed by atoms with van der Waals surface area (Å²) in [6, 6.07) is 15.9. The Kier molecular flexibility index (Phi) is 4.84. The highest BCUT2D eigenvalue weighted by Crippen LogP contribution is 2.26. The van der Waals surface area contributed by atoms with Crippen LogP contribution in [0.25, 0.3) is 11.2 Å². The molecule has 0 atom stereocenters. The summed E-state index contributed by atoms with van der Waals surface area (Å²) < 4.78 is 1.92. The summed E-state index contributed by atoms with van der Waals surface area (Å²) in [5, 5.41) is 3.15. The molecule has 0 aliphatic carbocycles. The van der Waals surface area contributed by atoms with Gasteiger partial charge in [-0.25, -0.2) is 9.97 Å². The van der Waals surface area contributed by atoms with Gasteiger partial charge >= 0.3 is 0 Å². The van der Waals surface area contributed by atoms with E-state index in [1.165, 1.54) is 11.8 Å². The molecule has 1 N–H and O–H groups in total. The zero-order valence-corrected chi connectivity index (χ0v) is 16.4. The minimum atomic E-state index is -0.309. The minimum Gasteiger partial charge on any atom is -0.322 e. The number of benzene rings is 2. The van der Waals surface area contributed by atoms with Gasteiger partial charge in [-0.15, -0.1) is 0 Å². The van der Waals surface area contributed by atoms with E-state index >= 15 is 0 Å². The fourth-order valence-corrected chi connectivity index (χ4v) is 3.24. The molecule has 0 aliphatic heterocycles. The molecule has 5 nitrogen and oxygen atoms in total. The van der Waals surface area contributed by atoms with Crippen LogP contribution in [0.2, 0.25) is 5.02 Å². The maximum atomic E-state index is 12.6. The first-order valence-corrected chi connectivity index (χ1v) is 9.32. The third-order valence-corrected chi connectivity index (χ3v) is 4.98. The number of carbonyl (C=O) groups is 1. The fraction of sp³-hybridized carbons (Fsp3) is 0.136. The molecule has 0 saturated heterocycles. The molecule has 140 valence electrons. The highest BCUT2D eigenvalue weighted by atomic mass is 35.5. The van der Waals surface area contributed by atoms with Crippen molar-refractivity contribution >= 4 is 34.4 Å². The molecule has 2 heterocycles. The SMILES string of the molecule is Cc1ccc(Cn2cnc3c(Cl)c(C(=O)Nc4ccc(C)cc4)cnc32)cc1. The number of aryl methyl sites for hydroxylation is 2. The largest absolute Gasteiger partial charge is 0.322 e. The molecule has 1 amide bonds. The predicted octanol–water partition coefficient (Wildman–Crippen LogP) is 5.00. The van der Waals surface area contributed by atoms with Crippen molar-refractivity contribution in [2.75, 3.05) is 5.32 Å². The molecule has 4 rings (SSSR count). The number of pyridine rings is 1. The highest BCUT2D eigenvalue weighted by Gasteiger charge is 2.17. The van der Waals surface area contributed by atoms with E-state index in [0.717, 1.165) is 11.1 Å². The van der Waals surface area contributed by atoms with E-state index in [1.54, 1.807) is 6.33 Å². The highest BCUT2D eigenvalue weighted by molar-refractivity contribution is 6.38. The number of anilines is 1. The van der Waals surface area contributed by atoms with Crippen LogP contribution in [-0.4, -0.2) is 20.4 Å². The molecular formula is C22H19ClN4O. The number of hydrogen-bond donors (Lipinski definition) is 1. The second kappa shape index (κ2) is 7.44. The third-order valence-electron chi connectivity index (χ3n) is 4.60. The maximum Gasteiger partial charge on any atom is 0.258 e. The standard InChI is InChI=1S/C22H19ClN4O/c1-14-3-7-16(8-4-14)12-27-13-25-20-19(23)18(11-24-21(20)27)22(28)26-17-9-5-15(2)6-10-17/h3-11,13H,12H2,1-2H3,(H,26,28). The number of imidazole rings is 1. The van der Waals surface area contributed by atoms with Crippen LogP contribution in [-0.2, 0) is 6.54 Å². The smallest absolute Gasteiger partial charge is 0.258 e. The molecule has 0 spiro atoms. The van der Waals surface area contributed by atoms with Gasteiger partial charge in [-0.1, -0.05) is 59.1 Å². The van der Waals surface area contributed by atoms with Crippen LogP contribution in [0, 0.1) is 13.8 Å². The lowest BCUT2D eigenvalue weighted by Gasteiger charge is -2.08. The number of nitrogens with zero attached hydrogens (tertiary/aromatic N) is 3. The second-order valence-electron chi connectivity index (χ2n) is 6.84. The fourth-order valence-electron chi connectivity index (χ4n) is 2.98. The summed E-state index contributed by atoms with van der Waals surface area (Å²) in [6.45, 7) is 4.68. The van der Waals surface area contributed by atoms with Gasteiger partial charge in [-0.2, -0.15) is 0 Å². The lowest BCUT2D eigenvalue weighted by Crippen LogP contribution is -2.13. The topological polar surface area (TPSA) is 59.8 Å². The van der Waals surface area contributed by atoms with Crippen molar-refractivity contribution in [3.63, 3.8) is 0 Å². The Labute approximate surface area is 168 Å². The molecule has 0 radical (unpaired) electrons. The Morgan fingerprint density at radius 1 is 1.00 bits per heavy atom. The molecule has 0 aliphatic rings.